The van der Waals surface area contributed by atoms with Gasteiger partial charge in [0.1, 0.15) is 5.75 Å². The summed E-state index contributed by atoms with van der Waals surface area (Å²) >= 11 is 0. The molecule has 5 nitrogen and oxygen atoms in total. The summed E-state index contributed by atoms with van der Waals surface area (Å²) in [4.78, 5) is 17.0. The zero-order valence-corrected chi connectivity index (χ0v) is 17.1. The second-order valence-corrected chi connectivity index (χ2v) is 7.37. The molecule has 3 aromatic heterocycles. The summed E-state index contributed by atoms with van der Waals surface area (Å²) in [5.41, 5.74) is 4.83. The molecule has 5 heteroatoms. The highest BCUT2D eigenvalue weighted by Gasteiger charge is 2.12. The van der Waals surface area contributed by atoms with Gasteiger partial charge >= 0.3 is 0 Å². The zero-order chi connectivity index (χ0) is 21.2. The van der Waals surface area contributed by atoms with Crippen molar-refractivity contribution in [2.75, 3.05) is 7.11 Å². The first-order valence-electron chi connectivity index (χ1n) is 10.1. The van der Waals surface area contributed by atoms with Crippen LogP contribution in [0, 0.1) is 0 Å². The van der Waals surface area contributed by atoms with E-state index in [1.165, 1.54) is 0 Å². The number of nitrogens with one attached hydrogen (secondary N) is 1. The molecule has 0 bridgehead atoms. The predicted octanol–water partition coefficient (Wildman–Crippen LogP) is 5.09. The number of fused-ring (bicyclic) bond motifs is 2. The molecule has 5 aromatic rings. The van der Waals surface area contributed by atoms with Gasteiger partial charge in [0.05, 0.1) is 12.7 Å². The number of carbonyl (C=O) groups is 1. The minimum Gasteiger partial charge on any atom is -0.497 e. The molecule has 0 saturated heterocycles. The Morgan fingerprint density at radius 1 is 1.03 bits per heavy atom. The monoisotopic (exact) mass is 407 g/mol. The van der Waals surface area contributed by atoms with Gasteiger partial charge in [0.15, 0.2) is 0 Å². The van der Waals surface area contributed by atoms with E-state index in [4.69, 9.17) is 4.74 Å². The molecule has 3 heterocycles. The van der Waals surface area contributed by atoms with Gasteiger partial charge in [-0.3, -0.25) is 9.78 Å². The molecule has 0 spiro atoms. The topological polar surface area (TPSA) is 55.6 Å². The van der Waals surface area contributed by atoms with Crippen LogP contribution in [0.15, 0.2) is 91.5 Å². The third-order valence-corrected chi connectivity index (χ3v) is 5.50. The quantitative estimate of drug-likeness (QED) is 0.441. The summed E-state index contributed by atoms with van der Waals surface area (Å²) < 4.78 is 7.32. The van der Waals surface area contributed by atoms with Crippen molar-refractivity contribution in [3.05, 3.63) is 103 Å². The molecule has 0 aliphatic carbocycles. The van der Waals surface area contributed by atoms with Gasteiger partial charge in [-0.25, -0.2) is 0 Å². The van der Waals surface area contributed by atoms with E-state index in [0.717, 1.165) is 38.7 Å². The molecule has 2 aromatic carbocycles. The van der Waals surface area contributed by atoms with Gasteiger partial charge in [-0.1, -0.05) is 30.3 Å². The first-order valence-corrected chi connectivity index (χ1v) is 10.1. The Balaban J connectivity index is 1.44. The van der Waals surface area contributed by atoms with Crippen molar-refractivity contribution in [2.45, 2.75) is 6.54 Å². The van der Waals surface area contributed by atoms with Crippen molar-refractivity contribution in [3.63, 3.8) is 0 Å². The van der Waals surface area contributed by atoms with Gasteiger partial charge in [-0.2, -0.15) is 0 Å². The highest BCUT2D eigenvalue weighted by Crippen LogP contribution is 2.32. The second kappa shape index (κ2) is 7.95. The second-order valence-electron chi connectivity index (χ2n) is 7.37. The summed E-state index contributed by atoms with van der Waals surface area (Å²) in [6.45, 7) is 0.422. The van der Waals surface area contributed by atoms with Crippen molar-refractivity contribution >= 4 is 22.2 Å². The lowest BCUT2D eigenvalue weighted by Gasteiger charge is -2.12. The van der Waals surface area contributed by atoms with Gasteiger partial charge in [-0.15, -0.1) is 0 Å². The van der Waals surface area contributed by atoms with E-state index in [9.17, 15) is 4.79 Å². The average Bonchev–Trinajstić information content (AvgIpc) is 3.27. The van der Waals surface area contributed by atoms with Crippen molar-refractivity contribution < 1.29 is 9.53 Å². The number of hydrogen-bond acceptors (Lipinski definition) is 3. The summed E-state index contributed by atoms with van der Waals surface area (Å²) in [7, 11) is 1.67. The highest BCUT2D eigenvalue weighted by atomic mass is 16.5. The molecule has 0 fully saturated rings. The Bertz CT molecular complexity index is 1370. The fourth-order valence-electron chi connectivity index (χ4n) is 3.90. The summed E-state index contributed by atoms with van der Waals surface area (Å²) in [6, 6.07) is 21.9. The molecule has 0 aliphatic rings. The number of nitrogens with zero attached hydrogens (tertiary/aromatic N) is 2. The van der Waals surface area contributed by atoms with Crippen LogP contribution in [0.5, 0.6) is 5.75 Å². The molecule has 5 rings (SSSR count). The molecule has 0 saturated carbocycles. The summed E-state index contributed by atoms with van der Waals surface area (Å²) in [5, 5.41) is 5.15. The first kappa shape index (κ1) is 18.9. The maximum atomic E-state index is 12.7. The van der Waals surface area contributed by atoms with Crippen LogP contribution in [-0.4, -0.2) is 22.4 Å². The maximum absolute atomic E-state index is 12.7. The Morgan fingerprint density at radius 2 is 1.97 bits per heavy atom. The van der Waals surface area contributed by atoms with Crippen LogP contribution < -0.4 is 10.1 Å². The number of ether oxygens (including phenoxy) is 1. The highest BCUT2D eigenvalue weighted by molar-refractivity contribution is 5.99. The van der Waals surface area contributed by atoms with E-state index in [1.807, 2.05) is 71.5 Å². The fourth-order valence-corrected chi connectivity index (χ4v) is 3.90. The van der Waals surface area contributed by atoms with Crippen LogP contribution >= 0.6 is 0 Å². The Morgan fingerprint density at radius 3 is 2.84 bits per heavy atom. The number of pyridine rings is 2. The van der Waals surface area contributed by atoms with Crippen LogP contribution in [0.4, 0.5) is 0 Å². The number of benzene rings is 2. The largest absolute Gasteiger partial charge is 0.497 e. The first-order chi connectivity index (χ1) is 15.2. The SMILES string of the molecule is COc1cccc(-c2ccc(CNC(=O)c3cc4ccccn4c3)c3cnccc23)c1. The molecule has 0 radical (unpaired) electrons. The molecular formula is C26H21N3O2. The summed E-state index contributed by atoms with van der Waals surface area (Å²) in [6.07, 6.45) is 7.42. The molecule has 0 atom stereocenters. The van der Waals surface area contributed by atoms with Crippen LogP contribution in [0.25, 0.3) is 27.4 Å². The Kier molecular flexibility index (Phi) is 4.84. The smallest absolute Gasteiger partial charge is 0.253 e. The maximum Gasteiger partial charge on any atom is 0.253 e. The van der Waals surface area contributed by atoms with Crippen molar-refractivity contribution in [1.29, 1.82) is 0 Å². The van der Waals surface area contributed by atoms with Crippen molar-refractivity contribution in [2.24, 2.45) is 0 Å². The molecule has 152 valence electrons. The summed E-state index contributed by atoms with van der Waals surface area (Å²) in [5.74, 6) is 0.716. The third-order valence-electron chi connectivity index (χ3n) is 5.50. The Hall–Kier alpha value is -4.12. The van der Waals surface area contributed by atoms with Crippen molar-refractivity contribution in [3.8, 4) is 16.9 Å². The lowest BCUT2D eigenvalue weighted by Crippen LogP contribution is -2.22. The number of methoxy groups -OCH3 is 1. The minimum absolute atomic E-state index is 0.0994. The van der Waals surface area contributed by atoms with E-state index >= 15 is 0 Å². The zero-order valence-electron chi connectivity index (χ0n) is 17.1. The van der Waals surface area contributed by atoms with Gasteiger partial charge < -0.3 is 14.5 Å². The van der Waals surface area contributed by atoms with Gasteiger partial charge in [0, 0.05) is 42.2 Å². The van der Waals surface area contributed by atoms with E-state index in [0.29, 0.717) is 12.1 Å². The molecular weight excluding hydrogens is 386 g/mol. The van der Waals surface area contributed by atoms with Gasteiger partial charge in [0.25, 0.3) is 5.91 Å². The van der Waals surface area contributed by atoms with Gasteiger partial charge in [0.2, 0.25) is 0 Å². The lowest BCUT2D eigenvalue weighted by molar-refractivity contribution is 0.0951. The number of carbonyl (C=O) groups excluding carboxylic acids is 1. The van der Waals surface area contributed by atoms with Crippen molar-refractivity contribution in [1.82, 2.24) is 14.7 Å². The van der Waals surface area contributed by atoms with E-state index < -0.39 is 0 Å². The molecule has 31 heavy (non-hydrogen) atoms. The van der Waals surface area contributed by atoms with E-state index in [2.05, 4.69) is 28.5 Å². The fraction of sp³-hybridized carbons (Fsp3) is 0.0769. The Labute approximate surface area is 179 Å². The van der Waals surface area contributed by atoms with Crippen LogP contribution in [0.2, 0.25) is 0 Å². The van der Waals surface area contributed by atoms with Gasteiger partial charge in [-0.05, 0) is 58.5 Å². The molecule has 1 amide bonds. The normalized spacial score (nSPS) is 11.0. The standard InChI is InChI=1S/C26H21N3O2/c1-31-22-7-4-5-18(14-22)23-9-8-19(25-16-27-11-10-24(23)25)15-28-26(30)20-13-21-6-2-3-12-29(21)17-20/h2-14,16-17H,15H2,1H3,(H,28,30). The minimum atomic E-state index is -0.0994. The van der Waals surface area contributed by atoms with E-state index in [1.54, 1.807) is 13.3 Å². The molecule has 0 unspecified atom stereocenters. The van der Waals surface area contributed by atoms with Crippen LogP contribution in [0.1, 0.15) is 15.9 Å². The van der Waals surface area contributed by atoms with Crippen LogP contribution in [-0.2, 0) is 6.54 Å². The molecule has 1 N–H and O–H groups in total. The molecule has 0 aliphatic heterocycles. The number of hydrogen-bond donors (Lipinski definition) is 1. The van der Waals surface area contributed by atoms with Crippen LogP contribution in [0.3, 0.4) is 0 Å². The average molecular weight is 407 g/mol. The number of amides is 1. The predicted molar refractivity (Wildman–Crippen MR) is 122 cm³/mol. The lowest BCUT2D eigenvalue weighted by atomic mass is 9.96. The third kappa shape index (κ3) is 3.62. The van der Waals surface area contributed by atoms with E-state index in [-0.39, 0.29) is 5.91 Å². The number of rotatable bonds is 5. The number of aromatic nitrogens is 2.